The van der Waals surface area contributed by atoms with Gasteiger partial charge in [0.05, 0.1) is 24.7 Å². The van der Waals surface area contributed by atoms with Gasteiger partial charge in [-0.15, -0.1) is 35.3 Å². The molecule has 5 nitrogen and oxygen atoms in total. The van der Waals surface area contributed by atoms with Crippen molar-refractivity contribution >= 4 is 41.3 Å². The van der Waals surface area contributed by atoms with Gasteiger partial charge in [-0.05, 0) is 25.0 Å². The van der Waals surface area contributed by atoms with Crippen LogP contribution in [0.15, 0.2) is 35.5 Å². The molecule has 0 amide bonds. The maximum absolute atomic E-state index is 12.1. The SMILES string of the molecule is CCNC(=NCc1ccc(COCC(F)(F)F)cc1)NCc1cnc(C)s1.I. The topological polar surface area (TPSA) is 58.5 Å². The molecular formula is C18H24F3IN4OS. The number of aromatic nitrogens is 1. The van der Waals surface area contributed by atoms with E-state index in [0.717, 1.165) is 22.0 Å². The van der Waals surface area contributed by atoms with Crippen LogP contribution in [0.4, 0.5) is 13.2 Å². The molecule has 0 saturated carbocycles. The molecule has 0 aliphatic heterocycles. The van der Waals surface area contributed by atoms with Crippen LogP contribution in [0.5, 0.6) is 0 Å². The molecule has 0 aliphatic carbocycles. The summed E-state index contributed by atoms with van der Waals surface area (Å²) in [6.07, 6.45) is -2.46. The Morgan fingerprint density at radius 2 is 1.86 bits per heavy atom. The second-order valence-electron chi connectivity index (χ2n) is 5.82. The van der Waals surface area contributed by atoms with E-state index < -0.39 is 12.8 Å². The molecule has 0 bridgehead atoms. The summed E-state index contributed by atoms with van der Waals surface area (Å²) in [5, 5.41) is 7.46. The number of nitrogens with one attached hydrogen (secondary N) is 2. The average molecular weight is 528 g/mol. The second-order valence-corrected chi connectivity index (χ2v) is 7.14. The number of alkyl halides is 3. The van der Waals surface area contributed by atoms with E-state index in [4.69, 9.17) is 0 Å². The number of guanidine groups is 1. The Morgan fingerprint density at radius 1 is 1.18 bits per heavy atom. The Bertz CT molecular complexity index is 735. The van der Waals surface area contributed by atoms with Crippen LogP contribution in [0, 0.1) is 6.92 Å². The quantitative estimate of drug-likeness (QED) is 0.303. The summed E-state index contributed by atoms with van der Waals surface area (Å²) in [5.41, 5.74) is 1.65. The van der Waals surface area contributed by atoms with E-state index in [-0.39, 0.29) is 30.6 Å². The van der Waals surface area contributed by atoms with Crippen molar-refractivity contribution in [3.8, 4) is 0 Å². The first-order valence-corrected chi connectivity index (χ1v) is 9.33. The van der Waals surface area contributed by atoms with Crippen LogP contribution in [-0.2, 0) is 24.4 Å². The molecule has 0 radical (unpaired) electrons. The van der Waals surface area contributed by atoms with Crippen molar-refractivity contribution in [2.24, 2.45) is 4.99 Å². The van der Waals surface area contributed by atoms with E-state index in [2.05, 4.69) is 25.3 Å². The molecule has 1 aromatic carbocycles. The Balaban J connectivity index is 0.00000392. The van der Waals surface area contributed by atoms with Gasteiger partial charge in [-0.2, -0.15) is 13.2 Å². The van der Waals surface area contributed by atoms with Gasteiger partial charge in [0, 0.05) is 17.6 Å². The molecule has 2 aromatic rings. The number of rotatable bonds is 8. The molecule has 0 spiro atoms. The second kappa shape index (κ2) is 12.2. The number of ether oxygens (including phenoxy) is 1. The fraction of sp³-hybridized carbons (Fsp3) is 0.444. The third-order valence-electron chi connectivity index (χ3n) is 3.42. The maximum Gasteiger partial charge on any atom is 0.411 e. The molecule has 0 atom stereocenters. The number of hydrogen-bond donors (Lipinski definition) is 2. The smallest absolute Gasteiger partial charge is 0.367 e. The molecule has 2 N–H and O–H groups in total. The zero-order valence-electron chi connectivity index (χ0n) is 15.7. The molecule has 0 aliphatic rings. The summed E-state index contributed by atoms with van der Waals surface area (Å²) in [6, 6.07) is 7.18. The first kappa shape index (κ1) is 24.6. The summed E-state index contributed by atoms with van der Waals surface area (Å²) in [5.74, 6) is 0.696. The van der Waals surface area contributed by atoms with Crippen LogP contribution < -0.4 is 10.6 Å². The van der Waals surface area contributed by atoms with Crippen molar-refractivity contribution in [3.63, 3.8) is 0 Å². The summed E-state index contributed by atoms with van der Waals surface area (Å²) >= 11 is 1.63. The number of thiazole rings is 1. The minimum atomic E-state index is -4.30. The van der Waals surface area contributed by atoms with E-state index in [1.165, 1.54) is 0 Å². The Labute approximate surface area is 183 Å². The van der Waals surface area contributed by atoms with E-state index in [0.29, 0.717) is 24.6 Å². The molecule has 156 valence electrons. The normalized spacial score (nSPS) is 11.8. The van der Waals surface area contributed by atoms with Crippen LogP contribution >= 0.6 is 35.3 Å². The summed E-state index contributed by atoms with van der Waals surface area (Å²) in [4.78, 5) is 9.88. The van der Waals surface area contributed by atoms with Crippen molar-refractivity contribution in [3.05, 3.63) is 51.5 Å². The molecule has 28 heavy (non-hydrogen) atoms. The highest BCUT2D eigenvalue weighted by Crippen LogP contribution is 2.16. The number of benzene rings is 1. The molecule has 2 rings (SSSR count). The fourth-order valence-electron chi connectivity index (χ4n) is 2.20. The lowest BCUT2D eigenvalue weighted by molar-refractivity contribution is -0.176. The van der Waals surface area contributed by atoms with Gasteiger partial charge in [0.1, 0.15) is 6.61 Å². The lowest BCUT2D eigenvalue weighted by atomic mass is 10.1. The van der Waals surface area contributed by atoms with Crippen molar-refractivity contribution in [1.29, 1.82) is 0 Å². The molecular weight excluding hydrogens is 504 g/mol. The van der Waals surface area contributed by atoms with Gasteiger partial charge in [0.15, 0.2) is 5.96 Å². The predicted molar refractivity (Wildman–Crippen MR) is 116 cm³/mol. The third-order valence-corrected chi connectivity index (χ3v) is 4.33. The maximum atomic E-state index is 12.1. The van der Waals surface area contributed by atoms with E-state index >= 15 is 0 Å². The molecule has 0 saturated heterocycles. The predicted octanol–water partition coefficient (Wildman–Crippen LogP) is 4.40. The van der Waals surface area contributed by atoms with Crippen molar-refractivity contribution in [1.82, 2.24) is 15.6 Å². The molecule has 1 aromatic heterocycles. The van der Waals surface area contributed by atoms with Crippen molar-refractivity contribution in [2.75, 3.05) is 13.2 Å². The monoisotopic (exact) mass is 528 g/mol. The van der Waals surface area contributed by atoms with Gasteiger partial charge in [0.2, 0.25) is 0 Å². The zero-order valence-corrected chi connectivity index (χ0v) is 18.8. The summed E-state index contributed by atoms with van der Waals surface area (Å²) in [7, 11) is 0. The molecule has 0 fully saturated rings. The number of aryl methyl sites for hydroxylation is 1. The Hall–Kier alpha value is -1.40. The van der Waals surface area contributed by atoms with Crippen LogP contribution in [0.1, 0.15) is 27.9 Å². The van der Waals surface area contributed by atoms with E-state index in [1.807, 2.05) is 32.2 Å². The van der Waals surface area contributed by atoms with Crippen molar-refractivity contribution < 1.29 is 17.9 Å². The Kier molecular flexibility index (Phi) is 10.8. The third kappa shape index (κ3) is 9.69. The minimum Gasteiger partial charge on any atom is -0.367 e. The van der Waals surface area contributed by atoms with E-state index in [9.17, 15) is 13.2 Å². The lowest BCUT2D eigenvalue weighted by Crippen LogP contribution is -2.36. The van der Waals surface area contributed by atoms with Gasteiger partial charge >= 0.3 is 6.18 Å². The van der Waals surface area contributed by atoms with Crippen molar-refractivity contribution in [2.45, 2.75) is 39.7 Å². The highest BCUT2D eigenvalue weighted by molar-refractivity contribution is 14.0. The van der Waals surface area contributed by atoms with Gasteiger partial charge in [-0.25, -0.2) is 9.98 Å². The van der Waals surface area contributed by atoms with Gasteiger partial charge in [0.25, 0.3) is 0 Å². The van der Waals surface area contributed by atoms with Crippen LogP contribution in [0.3, 0.4) is 0 Å². The summed E-state index contributed by atoms with van der Waals surface area (Å²) in [6.45, 7) is 4.49. The van der Waals surface area contributed by atoms with Crippen LogP contribution in [-0.4, -0.2) is 30.3 Å². The van der Waals surface area contributed by atoms with Gasteiger partial charge in [-0.3, -0.25) is 0 Å². The highest BCUT2D eigenvalue weighted by atomic mass is 127. The first-order chi connectivity index (χ1) is 12.9. The number of aliphatic imine (C=N–C) groups is 1. The Morgan fingerprint density at radius 3 is 2.43 bits per heavy atom. The highest BCUT2D eigenvalue weighted by Gasteiger charge is 2.27. The standard InChI is InChI=1S/C18H23F3N4OS.HI/c1-3-22-17(25-10-16-9-23-13(2)27-16)24-8-14-4-6-15(7-5-14)11-26-12-18(19,20)21;/h4-7,9H,3,8,10-12H2,1-2H3,(H2,22,24,25);1H. The zero-order chi connectivity index (χ0) is 19.7. The largest absolute Gasteiger partial charge is 0.411 e. The minimum absolute atomic E-state index is 0. The van der Waals surface area contributed by atoms with Crippen LogP contribution in [0.25, 0.3) is 0 Å². The number of halogens is 4. The lowest BCUT2D eigenvalue weighted by Gasteiger charge is -2.10. The van der Waals surface area contributed by atoms with Gasteiger partial charge < -0.3 is 15.4 Å². The first-order valence-electron chi connectivity index (χ1n) is 8.51. The fourth-order valence-corrected chi connectivity index (χ4v) is 2.93. The molecule has 10 heteroatoms. The molecule has 1 heterocycles. The average Bonchev–Trinajstić information content (AvgIpc) is 3.03. The number of nitrogens with zero attached hydrogens (tertiary/aromatic N) is 2. The molecule has 0 unspecified atom stereocenters. The number of hydrogen-bond acceptors (Lipinski definition) is 4. The van der Waals surface area contributed by atoms with Crippen LogP contribution in [0.2, 0.25) is 0 Å². The van der Waals surface area contributed by atoms with Gasteiger partial charge in [-0.1, -0.05) is 24.3 Å². The van der Waals surface area contributed by atoms with E-state index in [1.54, 1.807) is 23.5 Å². The summed E-state index contributed by atoms with van der Waals surface area (Å²) < 4.78 is 40.9.